The molecule has 0 radical (unpaired) electrons. The molecule has 0 saturated heterocycles. The average molecular weight is 387 g/mol. The molecule has 5 nitrogen and oxygen atoms in total. The molecular formula is C24H21NO4. The third-order valence-electron chi connectivity index (χ3n) is 5.04. The van der Waals surface area contributed by atoms with Crippen LogP contribution in [0.5, 0.6) is 5.75 Å². The van der Waals surface area contributed by atoms with Crippen LogP contribution in [-0.4, -0.2) is 19.0 Å². The number of ketones is 1. The van der Waals surface area contributed by atoms with Crippen molar-refractivity contribution in [3.05, 3.63) is 95.6 Å². The van der Waals surface area contributed by atoms with Crippen LogP contribution in [-0.2, 0) is 11.3 Å². The maximum absolute atomic E-state index is 13.1. The first-order chi connectivity index (χ1) is 14.2. The molecule has 0 aliphatic carbocycles. The van der Waals surface area contributed by atoms with Crippen LogP contribution in [0.2, 0.25) is 0 Å². The van der Waals surface area contributed by atoms with E-state index in [9.17, 15) is 9.59 Å². The van der Waals surface area contributed by atoms with E-state index in [1.54, 1.807) is 30.2 Å². The van der Waals surface area contributed by atoms with Gasteiger partial charge in [-0.2, -0.15) is 0 Å². The fraction of sp³-hybridized carbons (Fsp3) is 0.167. The number of methoxy groups -OCH3 is 1. The molecule has 3 aromatic carbocycles. The van der Waals surface area contributed by atoms with E-state index in [2.05, 4.69) is 0 Å². The summed E-state index contributed by atoms with van der Waals surface area (Å²) in [5.74, 6) is 0.549. The number of Topliss-reactive ketones (excluding diaryl/α,β-unsaturated/α-hetero) is 1. The lowest BCUT2D eigenvalue weighted by Gasteiger charge is -2.36. The zero-order chi connectivity index (χ0) is 20.2. The summed E-state index contributed by atoms with van der Waals surface area (Å²) < 4.78 is 10.9. The highest BCUT2D eigenvalue weighted by molar-refractivity contribution is 6.08. The van der Waals surface area contributed by atoms with Crippen molar-refractivity contribution < 1.29 is 19.1 Å². The maximum atomic E-state index is 13.1. The lowest BCUT2D eigenvalue weighted by atomic mass is 9.90. The second-order valence-electron chi connectivity index (χ2n) is 6.85. The number of fused-ring (bicyclic) bond motifs is 1. The molecule has 1 atom stereocenters. The standard InChI is InChI=1S/C24H21NO4/c1-28-19-12-13-21-20(14-19)23(26)15-22(18-10-6-3-7-11-18)25(21)24(27)29-16-17-8-4-2-5-9-17/h2-14,22H,15-16H2,1H3. The van der Waals surface area contributed by atoms with Crippen LogP contribution in [0.15, 0.2) is 78.9 Å². The van der Waals surface area contributed by atoms with E-state index < -0.39 is 12.1 Å². The van der Waals surface area contributed by atoms with Gasteiger partial charge in [0.05, 0.1) is 18.8 Å². The number of benzene rings is 3. The van der Waals surface area contributed by atoms with Crippen LogP contribution in [0.3, 0.4) is 0 Å². The highest BCUT2D eigenvalue weighted by Gasteiger charge is 2.37. The van der Waals surface area contributed by atoms with Crippen molar-refractivity contribution in [3.8, 4) is 5.75 Å². The Morgan fingerprint density at radius 1 is 1.00 bits per heavy atom. The average Bonchev–Trinajstić information content (AvgIpc) is 2.78. The number of amides is 1. The molecule has 0 aromatic heterocycles. The van der Waals surface area contributed by atoms with Crippen molar-refractivity contribution in [2.24, 2.45) is 0 Å². The summed E-state index contributed by atoms with van der Waals surface area (Å²) >= 11 is 0. The Bertz CT molecular complexity index is 1020. The molecule has 4 rings (SSSR count). The van der Waals surface area contributed by atoms with Gasteiger partial charge in [-0.15, -0.1) is 0 Å². The molecular weight excluding hydrogens is 366 g/mol. The number of hydrogen-bond donors (Lipinski definition) is 0. The monoisotopic (exact) mass is 387 g/mol. The van der Waals surface area contributed by atoms with Crippen LogP contribution >= 0.6 is 0 Å². The number of anilines is 1. The third kappa shape index (κ3) is 3.85. The Labute approximate surface area is 169 Å². The molecule has 1 aliphatic rings. The topological polar surface area (TPSA) is 55.8 Å². The van der Waals surface area contributed by atoms with E-state index >= 15 is 0 Å². The van der Waals surface area contributed by atoms with E-state index in [-0.39, 0.29) is 18.8 Å². The normalized spacial score (nSPS) is 15.6. The first-order valence-electron chi connectivity index (χ1n) is 9.43. The van der Waals surface area contributed by atoms with Gasteiger partial charge >= 0.3 is 6.09 Å². The number of carbonyl (C=O) groups is 2. The largest absolute Gasteiger partial charge is 0.497 e. The molecule has 1 amide bonds. The van der Waals surface area contributed by atoms with Crippen LogP contribution < -0.4 is 9.64 Å². The predicted octanol–water partition coefficient (Wildman–Crippen LogP) is 5.17. The van der Waals surface area contributed by atoms with Gasteiger partial charge in [0.15, 0.2) is 5.78 Å². The number of hydrogen-bond acceptors (Lipinski definition) is 4. The molecule has 146 valence electrons. The lowest BCUT2D eigenvalue weighted by molar-refractivity contribution is 0.0960. The third-order valence-corrected chi connectivity index (χ3v) is 5.04. The van der Waals surface area contributed by atoms with Crippen molar-refractivity contribution >= 4 is 17.6 Å². The summed E-state index contributed by atoms with van der Waals surface area (Å²) in [6, 6.07) is 23.8. The quantitative estimate of drug-likeness (QED) is 0.620. The van der Waals surface area contributed by atoms with Crippen molar-refractivity contribution in [1.82, 2.24) is 0 Å². The molecule has 0 fully saturated rings. The van der Waals surface area contributed by atoms with Crippen molar-refractivity contribution in [2.75, 3.05) is 12.0 Å². The summed E-state index contributed by atoms with van der Waals surface area (Å²) in [4.78, 5) is 27.6. The fourth-order valence-electron chi connectivity index (χ4n) is 3.58. The van der Waals surface area contributed by atoms with Gasteiger partial charge in [0.2, 0.25) is 0 Å². The summed E-state index contributed by atoms with van der Waals surface area (Å²) in [7, 11) is 1.55. The fourth-order valence-corrected chi connectivity index (χ4v) is 3.58. The number of ether oxygens (including phenoxy) is 2. The zero-order valence-electron chi connectivity index (χ0n) is 16.1. The molecule has 0 saturated carbocycles. The van der Waals surface area contributed by atoms with Gasteiger partial charge in [0, 0.05) is 12.0 Å². The van der Waals surface area contributed by atoms with Gasteiger partial charge in [-0.1, -0.05) is 60.7 Å². The van der Waals surface area contributed by atoms with Gasteiger partial charge in [-0.05, 0) is 29.3 Å². The van der Waals surface area contributed by atoms with Crippen molar-refractivity contribution in [1.29, 1.82) is 0 Å². The second-order valence-corrected chi connectivity index (χ2v) is 6.85. The highest BCUT2D eigenvalue weighted by atomic mass is 16.6. The Hall–Kier alpha value is -3.60. The summed E-state index contributed by atoms with van der Waals surface area (Å²) in [5, 5.41) is 0. The van der Waals surface area contributed by atoms with E-state index in [0.717, 1.165) is 11.1 Å². The van der Waals surface area contributed by atoms with Gasteiger partial charge in [-0.25, -0.2) is 4.79 Å². The van der Waals surface area contributed by atoms with E-state index in [0.29, 0.717) is 17.0 Å². The molecule has 0 spiro atoms. The molecule has 5 heteroatoms. The predicted molar refractivity (Wildman–Crippen MR) is 110 cm³/mol. The molecule has 0 bridgehead atoms. The van der Waals surface area contributed by atoms with Crippen molar-refractivity contribution in [2.45, 2.75) is 19.1 Å². The van der Waals surface area contributed by atoms with Crippen LogP contribution in [0.1, 0.15) is 33.9 Å². The molecule has 1 aliphatic heterocycles. The minimum atomic E-state index is -0.485. The molecule has 29 heavy (non-hydrogen) atoms. The second kappa shape index (κ2) is 8.19. The molecule has 1 unspecified atom stereocenters. The zero-order valence-corrected chi connectivity index (χ0v) is 16.1. The Kier molecular flexibility index (Phi) is 5.29. The number of carbonyl (C=O) groups excluding carboxylic acids is 2. The highest BCUT2D eigenvalue weighted by Crippen LogP contribution is 2.40. The van der Waals surface area contributed by atoms with Gasteiger partial charge in [0.25, 0.3) is 0 Å². The van der Waals surface area contributed by atoms with Gasteiger partial charge in [0.1, 0.15) is 12.4 Å². The van der Waals surface area contributed by atoms with Crippen LogP contribution in [0.25, 0.3) is 0 Å². The van der Waals surface area contributed by atoms with E-state index in [4.69, 9.17) is 9.47 Å². The van der Waals surface area contributed by atoms with Crippen LogP contribution in [0.4, 0.5) is 10.5 Å². The smallest absolute Gasteiger partial charge is 0.415 e. The summed E-state index contributed by atoms with van der Waals surface area (Å²) in [5.41, 5.74) is 2.79. The Morgan fingerprint density at radius 2 is 1.69 bits per heavy atom. The van der Waals surface area contributed by atoms with E-state index in [1.807, 2.05) is 60.7 Å². The summed E-state index contributed by atoms with van der Waals surface area (Å²) in [6.07, 6.45) is -0.299. The Balaban J connectivity index is 1.70. The van der Waals surface area contributed by atoms with Crippen molar-refractivity contribution in [3.63, 3.8) is 0 Å². The van der Waals surface area contributed by atoms with Gasteiger partial charge < -0.3 is 9.47 Å². The first kappa shape index (κ1) is 18.7. The molecule has 0 N–H and O–H groups in total. The number of nitrogens with zero attached hydrogens (tertiary/aromatic N) is 1. The summed E-state index contributed by atoms with van der Waals surface area (Å²) in [6.45, 7) is 0.164. The minimum Gasteiger partial charge on any atom is -0.497 e. The SMILES string of the molecule is COc1ccc2c(c1)C(=O)CC(c1ccccc1)N2C(=O)OCc1ccccc1. The Morgan fingerprint density at radius 3 is 2.38 bits per heavy atom. The maximum Gasteiger partial charge on any atom is 0.415 e. The minimum absolute atomic E-state index is 0.0279. The van der Waals surface area contributed by atoms with Gasteiger partial charge in [-0.3, -0.25) is 9.69 Å². The molecule has 3 aromatic rings. The van der Waals surface area contributed by atoms with Crippen LogP contribution in [0, 0.1) is 0 Å². The molecule has 1 heterocycles. The van der Waals surface area contributed by atoms with E-state index in [1.165, 1.54) is 0 Å². The lowest BCUT2D eigenvalue weighted by Crippen LogP contribution is -2.40. The first-order valence-corrected chi connectivity index (χ1v) is 9.43. The number of rotatable bonds is 4.